The first-order chi connectivity index (χ1) is 10.3. The first-order valence-corrected chi connectivity index (χ1v) is 7.74. The van der Waals surface area contributed by atoms with E-state index in [-0.39, 0.29) is 6.04 Å². The standard InChI is InChI=1S/C17H23N3O/c1-3-9-19-17(16-11-18-12-20(16)2)13-5-4-6-15(10-13)21-14-7-8-14/h4-6,10-12,14,17,19H,3,7-9H2,1-2H3. The predicted octanol–water partition coefficient (Wildman–Crippen LogP) is 3.05. The Morgan fingerprint density at radius 1 is 1.43 bits per heavy atom. The van der Waals surface area contributed by atoms with Crippen molar-refractivity contribution in [3.05, 3.63) is 48.0 Å². The summed E-state index contributed by atoms with van der Waals surface area (Å²) in [7, 11) is 2.04. The molecule has 1 aliphatic rings. The van der Waals surface area contributed by atoms with Gasteiger partial charge in [-0.05, 0) is 43.5 Å². The maximum atomic E-state index is 5.92. The van der Waals surface area contributed by atoms with E-state index in [1.54, 1.807) is 0 Å². The molecule has 0 spiro atoms. The van der Waals surface area contributed by atoms with Gasteiger partial charge in [-0.25, -0.2) is 4.98 Å². The molecule has 21 heavy (non-hydrogen) atoms. The van der Waals surface area contributed by atoms with E-state index < -0.39 is 0 Å². The summed E-state index contributed by atoms with van der Waals surface area (Å²) in [6.07, 6.45) is 7.68. The average molecular weight is 285 g/mol. The molecule has 1 fully saturated rings. The number of nitrogens with one attached hydrogen (secondary N) is 1. The number of hydrogen-bond acceptors (Lipinski definition) is 3. The SMILES string of the molecule is CCCNC(c1cccc(OC2CC2)c1)c1cncn1C. The van der Waals surface area contributed by atoms with E-state index in [1.807, 2.05) is 25.6 Å². The fraction of sp³-hybridized carbons (Fsp3) is 0.471. The van der Waals surface area contributed by atoms with Gasteiger partial charge in [-0.3, -0.25) is 0 Å². The van der Waals surface area contributed by atoms with Crippen LogP contribution in [0.5, 0.6) is 5.75 Å². The van der Waals surface area contributed by atoms with Crippen molar-refractivity contribution in [1.29, 1.82) is 0 Å². The summed E-state index contributed by atoms with van der Waals surface area (Å²) in [5, 5.41) is 3.61. The Bertz CT molecular complexity index is 589. The molecule has 0 radical (unpaired) electrons. The highest BCUT2D eigenvalue weighted by Gasteiger charge is 2.24. The fourth-order valence-corrected chi connectivity index (χ4v) is 2.47. The van der Waals surface area contributed by atoms with Crippen LogP contribution in [0.2, 0.25) is 0 Å². The van der Waals surface area contributed by atoms with E-state index >= 15 is 0 Å². The summed E-state index contributed by atoms with van der Waals surface area (Å²) in [5.41, 5.74) is 2.40. The first-order valence-electron chi connectivity index (χ1n) is 7.74. The maximum absolute atomic E-state index is 5.92. The van der Waals surface area contributed by atoms with Gasteiger partial charge in [-0.15, -0.1) is 0 Å². The van der Waals surface area contributed by atoms with Crippen molar-refractivity contribution >= 4 is 0 Å². The van der Waals surface area contributed by atoms with Crippen LogP contribution in [0, 0.1) is 0 Å². The molecule has 1 heterocycles. The molecule has 1 aromatic heterocycles. The zero-order valence-corrected chi connectivity index (χ0v) is 12.7. The largest absolute Gasteiger partial charge is 0.490 e. The van der Waals surface area contributed by atoms with Gasteiger partial charge in [0.15, 0.2) is 0 Å². The molecular weight excluding hydrogens is 262 g/mol. The van der Waals surface area contributed by atoms with Gasteiger partial charge in [0.2, 0.25) is 0 Å². The lowest BCUT2D eigenvalue weighted by Gasteiger charge is -2.20. The molecule has 0 saturated heterocycles. The highest BCUT2D eigenvalue weighted by atomic mass is 16.5. The Hall–Kier alpha value is -1.81. The van der Waals surface area contributed by atoms with Gasteiger partial charge in [0, 0.05) is 7.05 Å². The number of nitrogens with zero attached hydrogens (tertiary/aromatic N) is 2. The Morgan fingerprint density at radius 2 is 2.29 bits per heavy atom. The Morgan fingerprint density at radius 3 is 2.95 bits per heavy atom. The van der Waals surface area contributed by atoms with Crippen LogP contribution in [0.1, 0.15) is 43.5 Å². The Kier molecular flexibility index (Phi) is 4.25. The molecule has 1 unspecified atom stereocenters. The van der Waals surface area contributed by atoms with E-state index in [0.717, 1.165) is 18.7 Å². The molecule has 1 N–H and O–H groups in total. The topological polar surface area (TPSA) is 39.1 Å². The lowest BCUT2D eigenvalue weighted by atomic mass is 10.0. The zero-order valence-electron chi connectivity index (χ0n) is 12.7. The molecule has 0 aliphatic heterocycles. The van der Waals surface area contributed by atoms with Crippen molar-refractivity contribution in [3.8, 4) is 5.75 Å². The molecule has 1 atom stereocenters. The molecular formula is C17H23N3O. The maximum Gasteiger partial charge on any atom is 0.120 e. The third-order valence-electron chi connectivity index (χ3n) is 3.77. The van der Waals surface area contributed by atoms with Crippen molar-refractivity contribution in [3.63, 3.8) is 0 Å². The molecule has 3 rings (SSSR count). The lowest BCUT2D eigenvalue weighted by molar-refractivity contribution is 0.302. The average Bonchev–Trinajstić information content (AvgIpc) is 3.20. The number of hydrogen-bond donors (Lipinski definition) is 1. The van der Waals surface area contributed by atoms with Crippen LogP contribution >= 0.6 is 0 Å². The first kappa shape index (κ1) is 14.1. The molecule has 1 aliphatic carbocycles. The van der Waals surface area contributed by atoms with Crippen molar-refractivity contribution < 1.29 is 4.74 Å². The lowest BCUT2D eigenvalue weighted by Crippen LogP contribution is -2.25. The Labute approximate surface area is 126 Å². The molecule has 4 heteroatoms. The van der Waals surface area contributed by atoms with Gasteiger partial charge in [0.1, 0.15) is 5.75 Å². The summed E-state index contributed by atoms with van der Waals surface area (Å²) < 4.78 is 7.99. The van der Waals surface area contributed by atoms with Crippen molar-refractivity contribution in [2.75, 3.05) is 6.54 Å². The number of aryl methyl sites for hydroxylation is 1. The minimum Gasteiger partial charge on any atom is -0.490 e. The smallest absolute Gasteiger partial charge is 0.120 e. The van der Waals surface area contributed by atoms with Gasteiger partial charge in [-0.2, -0.15) is 0 Å². The Balaban J connectivity index is 1.86. The molecule has 0 bridgehead atoms. The molecule has 1 aromatic carbocycles. The second-order valence-electron chi connectivity index (χ2n) is 5.71. The van der Waals surface area contributed by atoms with Gasteiger partial charge in [0.05, 0.1) is 30.4 Å². The number of imidazole rings is 1. The van der Waals surface area contributed by atoms with Crippen molar-refractivity contribution in [2.45, 2.75) is 38.3 Å². The van der Waals surface area contributed by atoms with Gasteiger partial charge < -0.3 is 14.6 Å². The number of benzene rings is 1. The van der Waals surface area contributed by atoms with Crippen LogP contribution in [0.25, 0.3) is 0 Å². The number of rotatable bonds is 7. The predicted molar refractivity (Wildman–Crippen MR) is 83.4 cm³/mol. The van der Waals surface area contributed by atoms with Gasteiger partial charge in [0.25, 0.3) is 0 Å². The highest BCUT2D eigenvalue weighted by molar-refractivity contribution is 5.34. The molecule has 2 aromatic rings. The minimum atomic E-state index is 0.153. The number of aromatic nitrogens is 2. The molecule has 1 saturated carbocycles. The zero-order chi connectivity index (χ0) is 14.7. The number of ether oxygens (including phenoxy) is 1. The van der Waals surface area contributed by atoms with Crippen LogP contribution in [0.15, 0.2) is 36.8 Å². The summed E-state index contributed by atoms with van der Waals surface area (Å²) in [6, 6.07) is 8.57. The fourth-order valence-electron chi connectivity index (χ4n) is 2.47. The van der Waals surface area contributed by atoms with Crippen LogP contribution in [0.4, 0.5) is 0 Å². The minimum absolute atomic E-state index is 0.153. The third-order valence-corrected chi connectivity index (χ3v) is 3.77. The molecule has 0 amide bonds. The quantitative estimate of drug-likeness (QED) is 0.850. The van der Waals surface area contributed by atoms with Crippen LogP contribution in [0.3, 0.4) is 0 Å². The summed E-state index contributed by atoms with van der Waals surface area (Å²) in [6.45, 7) is 3.16. The molecule has 112 valence electrons. The summed E-state index contributed by atoms with van der Waals surface area (Å²) in [5.74, 6) is 0.973. The highest BCUT2D eigenvalue weighted by Crippen LogP contribution is 2.29. The van der Waals surface area contributed by atoms with E-state index in [2.05, 4.69) is 40.0 Å². The van der Waals surface area contributed by atoms with Crippen molar-refractivity contribution in [2.24, 2.45) is 7.05 Å². The summed E-state index contributed by atoms with van der Waals surface area (Å²) >= 11 is 0. The normalized spacial score (nSPS) is 15.9. The molecule has 4 nitrogen and oxygen atoms in total. The summed E-state index contributed by atoms with van der Waals surface area (Å²) in [4.78, 5) is 4.25. The van der Waals surface area contributed by atoms with Gasteiger partial charge in [-0.1, -0.05) is 19.1 Å². The van der Waals surface area contributed by atoms with E-state index in [9.17, 15) is 0 Å². The third kappa shape index (κ3) is 3.45. The van der Waals surface area contributed by atoms with Gasteiger partial charge >= 0.3 is 0 Å². The van der Waals surface area contributed by atoms with Crippen LogP contribution < -0.4 is 10.1 Å². The van der Waals surface area contributed by atoms with Crippen LogP contribution in [-0.4, -0.2) is 22.2 Å². The second kappa shape index (κ2) is 6.31. The van der Waals surface area contributed by atoms with E-state index in [0.29, 0.717) is 6.10 Å². The van der Waals surface area contributed by atoms with E-state index in [4.69, 9.17) is 4.74 Å². The second-order valence-corrected chi connectivity index (χ2v) is 5.71. The van der Waals surface area contributed by atoms with Crippen molar-refractivity contribution in [1.82, 2.24) is 14.9 Å². The van der Waals surface area contributed by atoms with E-state index in [1.165, 1.54) is 24.1 Å². The van der Waals surface area contributed by atoms with Crippen LogP contribution in [-0.2, 0) is 7.05 Å². The monoisotopic (exact) mass is 285 g/mol.